The Morgan fingerprint density at radius 1 is 1.13 bits per heavy atom. The molecule has 11 nitrogen and oxygen atoms in total. The third kappa shape index (κ3) is 4.56. The van der Waals surface area contributed by atoms with Gasteiger partial charge in [0.25, 0.3) is 6.01 Å². The highest BCUT2D eigenvalue weighted by molar-refractivity contribution is 6.33. The fourth-order valence-corrected chi connectivity index (χ4v) is 4.77. The third-order valence-corrected chi connectivity index (χ3v) is 6.74. The molecule has 0 bridgehead atoms. The Labute approximate surface area is 222 Å². The van der Waals surface area contributed by atoms with Crippen LogP contribution in [0.1, 0.15) is 5.56 Å². The summed E-state index contributed by atoms with van der Waals surface area (Å²) in [6.45, 7) is 4.67. The second-order valence-corrected chi connectivity index (χ2v) is 9.30. The number of imidazole rings is 1. The zero-order valence-corrected chi connectivity index (χ0v) is 20.8. The first-order valence-electron chi connectivity index (χ1n) is 11.9. The highest BCUT2D eigenvalue weighted by atomic mass is 35.5. The van der Waals surface area contributed by atoms with Crippen LogP contribution in [0.3, 0.4) is 0 Å². The molecule has 194 valence electrons. The lowest BCUT2D eigenvalue weighted by Gasteiger charge is -2.15. The molecular weight excluding hydrogens is 510 g/mol. The first kappa shape index (κ1) is 24.3. The van der Waals surface area contributed by atoms with Gasteiger partial charge in [0.15, 0.2) is 11.8 Å². The van der Waals surface area contributed by atoms with Crippen molar-refractivity contribution in [2.75, 3.05) is 13.2 Å². The fraction of sp³-hybridized carbons (Fsp3) is 0.231. The Balaban J connectivity index is 1.18. The molecule has 0 aliphatic carbocycles. The fourth-order valence-electron chi connectivity index (χ4n) is 4.50. The van der Waals surface area contributed by atoms with Crippen molar-refractivity contribution in [1.82, 2.24) is 29.9 Å². The Morgan fingerprint density at radius 3 is 2.66 bits per heavy atom. The van der Waals surface area contributed by atoms with E-state index in [0.29, 0.717) is 34.2 Å². The first-order chi connectivity index (χ1) is 18.5. The summed E-state index contributed by atoms with van der Waals surface area (Å²) in [5.41, 5.74) is 10.5. The molecule has 4 aromatic rings. The molecule has 0 unspecified atom stereocenters. The minimum absolute atomic E-state index is 0.229. The number of aliphatic hydroxyl groups is 1. The average molecular weight is 534 g/mol. The SMILES string of the molecule is C=C(/C=C\C(=C/N)n1nccn1)c1ccc(-c2nc3nc(O[C@@H]4CO[C@H]5[C@@H]4OC[C@H]5O)[nH]c3cc2Cl)cc1. The van der Waals surface area contributed by atoms with Gasteiger partial charge in [-0.15, -0.1) is 0 Å². The summed E-state index contributed by atoms with van der Waals surface area (Å²) < 4.78 is 17.2. The van der Waals surface area contributed by atoms with Gasteiger partial charge >= 0.3 is 0 Å². The molecule has 1 aromatic carbocycles. The molecule has 2 saturated heterocycles. The summed E-state index contributed by atoms with van der Waals surface area (Å²) in [4.78, 5) is 13.7. The summed E-state index contributed by atoms with van der Waals surface area (Å²) in [6.07, 6.45) is 6.46. The van der Waals surface area contributed by atoms with Gasteiger partial charge in [-0.1, -0.05) is 48.5 Å². The van der Waals surface area contributed by atoms with Gasteiger partial charge in [0.1, 0.15) is 24.0 Å². The summed E-state index contributed by atoms with van der Waals surface area (Å²) in [5.74, 6) is 0. The van der Waals surface area contributed by atoms with E-state index in [0.717, 1.165) is 16.7 Å². The molecule has 4 atom stereocenters. The van der Waals surface area contributed by atoms with Crippen LogP contribution in [0, 0.1) is 0 Å². The number of rotatable bonds is 7. The van der Waals surface area contributed by atoms with Crippen molar-refractivity contribution in [3.05, 3.63) is 78.2 Å². The molecule has 0 amide bonds. The maximum absolute atomic E-state index is 9.93. The molecule has 6 rings (SSSR count). The second-order valence-electron chi connectivity index (χ2n) is 8.90. The van der Waals surface area contributed by atoms with E-state index in [-0.39, 0.29) is 30.9 Å². The number of fused-ring (bicyclic) bond motifs is 2. The van der Waals surface area contributed by atoms with Crippen LogP contribution in [0.15, 0.2) is 67.7 Å². The van der Waals surface area contributed by atoms with Crippen molar-refractivity contribution in [3.63, 3.8) is 0 Å². The minimum Gasteiger partial charge on any atom is -0.456 e. The van der Waals surface area contributed by atoms with Gasteiger partial charge in [0, 0.05) is 11.8 Å². The van der Waals surface area contributed by atoms with Crippen LogP contribution >= 0.6 is 11.6 Å². The van der Waals surface area contributed by atoms with E-state index in [1.165, 1.54) is 11.0 Å². The summed E-state index contributed by atoms with van der Waals surface area (Å²) in [6, 6.07) is 9.77. The van der Waals surface area contributed by atoms with Crippen LogP contribution in [0.2, 0.25) is 5.02 Å². The number of ether oxygens (including phenoxy) is 3. The van der Waals surface area contributed by atoms with Gasteiger partial charge in [-0.3, -0.25) is 0 Å². The number of aromatic nitrogens is 6. The lowest BCUT2D eigenvalue weighted by Crippen LogP contribution is -2.34. The Kier molecular flexibility index (Phi) is 6.42. The van der Waals surface area contributed by atoms with Crippen molar-refractivity contribution < 1.29 is 19.3 Å². The standard InChI is InChI=1S/C26H24ClN7O4/c1-14(2-7-17(11-28)34-29-8-9-30-34)15-3-5-16(6-4-15)22-18(27)10-19-25(32-22)33-26(31-19)38-21-13-37-23-20(35)12-36-24(21)23/h2-11,20-21,23-24,35H,1,12-13,28H2,(H,31,32,33)/b7-2-,17-11+/t20-,21-,23-,24-/m1/s1. The van der Waals surface area contributed by atoms with Crippen molar-refractivity contribution in [2.45, 2.75) is 24.4 Å². The number of nitrogens with zero attached hydrogens (tertiary/aromatic N) is 5. The number of hydrogen-bond donors (Lipinski definition) is 3. The summed E-state index contributed by atoms with van der Waals surface area (Å²) >= 11 is 6.58. The molecular formula is C26H24ClN7O4. The molecule has 12 heteroatoms. The quantitative estimate of drug-likeness (QED) is 0.305. The van der Waals surface area contributed by atoms with Gasteiger partial charge in [-0.2, -0.15) is 20.0 Å². The van der Waals surface area contributed by atoms with E-state index < -0.39 is 6.10 Å². The van der Waals surface area contributed by atoms with E-state index in [1.54, 1.807) is 24.5 Å². The van der Waals surface area contributed by atoms with Crippen molar-refractivity contribution >= 4 is 34.0 Å². The highest BCUT2D eigenvalue weighted by Crippen LogP contribution is 2.32. The van der Waals surface area contributed by atoms with Crippen molar-refractivity contribution in [1.29, 1.82) is 0 Å². The molecule has 4 N–H and O–H groups in total. The molecule has 0 spiro atoms. The number of halogens is 1. The van der Waals surface area contributed by atoms with Crippen LogP contribution in [0.25, 0.3) is 33.7 Å². The predicted octanol–water partition coefficient (Wildman–Crippen LogP) is 2.80. The monoisotopic (exact) mass is 533 g/mol. The van der Waals surface area contributed by atoms with Gasteiger partial charge in [-0.05, 0) is 23.3 Å². The van der Waals surface area contributed by atoms with Crippen LogP contribution < -0.4 is 10.5 Å². The average Bonchev–Trinajstić information content (AvgIpc) is 3.72. The van der Waals surface area contributed by atoms with Crippen LogP contribution in [0.4, 0.5) is 0 Å². The van der Waals surface area contributed by atoms with Gasteiger partial charge in [0.05, 0.1) is 41.8 Å². The Bertz CT molecular complexity index is 1530. The lowest BCUT2D eigenvalue weighted by atomic mass is 10.0. The largest absolute Gasteiger partial charge is 0.456 e. The van der Waals surface area contributed by atoms with E-state index in [9.17, 15) is 5.11 Å². The number of pyridine rings is 1. The molecule has 38 heavy (non-hydrogen) atoms. The molecule has 2 aliphatic heterocycles. The zero-order chi connectivity index (χ0) is 26.2. The van der Waals surface area contributed by atoms with Crippen LogP contribution in [0.5, 0.6) is 6.01 Å². The van der Waals surface area contributed by atoms with E-state index in [2.05, 4.69) is 31.7 Å². The third-order valence-electron chi connectivity index (χ3n) is 6.45. The Morgan fingerprint density at radius 2 is 1.89 bits per heavy atom. The maximum Gasteiger partial charge on any atom is 0.296 e. The molecule has 3 aromatic heterocycles. The summed E-state index contributed by atoms with van der Waals surface area (Å²) in [7, 11) is 0. The number of H-pyrrole nitrogens is 1. The van der Waals surface area contributed by atoms with Gasteiger partial charge in [-0.25, -0.2) is 4.98 Å². The van der Waals surface area contributed by atoms with Gasteiger partial charge < -0.3 is 30.0 Å². The highest BCUT2D eigenvalue weighted by Gasteiger charge is 2.48. The van der Waals surface area contributed by atoms with Crippen molar-refractivity contribution in [3.8, 4) is 17.3 Å². The zero-order valence-electron chi connectivity index (χ0n) is 20.1. The first-order valence-corrected chi connectivity index (χ1v) is 12.3. The number of benzene rings is 1. The normalized spacial score (nSPS) is 23.4. The smallest absolute Gasteiger partial charge is 0.296 e. The number of aliphatic hydroxyl groups excluding tert-OH is 1. The van der Waals surface area contributed by atoms with Gasteiger partial charge in [0.2, 0.25) is 0 Å². The molecule has 2 aliphatic rings. The minimum atomic E-state index is -0.647. The number of allylic oxidation sites excluding steroid dienone is 4. The van der Waals surface area contributed by atoms with E-state index in [4.69, 9.17) is 31.5 Å². The maximum atomic E-state index is 9.93. The number of hydrogen-bond acceptors (Lipinski definition) is 9. The van der Waals surface area contributed by atoms with Crippen LogP contribution in [-0.2, 0) is 9.47 Å². The number of nitrogens with two attached hydrogens (primary N) is 1. The lowest BCUT2D eigenvalue weighted by molar-refractivity contribution is 0.00706. The molecule has 0 radical (unpaired) electrons. The topological polar surface area (TPSA) is 146 Å². The second kappa shape index (κ2) is 10.0. The summed E-state index contributed by atoms with van der Waals surface area (Å²) in [5, 5.41) is 18.6. The molecule has 2 fully saturated rings. The molecule has 0 saturated carbocycles. The van der Waals surface area contributed by atoms with E-state index >= 15 is 0 Å². The van der Waals surface area contributed by atoms with Crippen molar-refractivity contribution in [2.24, 2.45) is 5.73 Å². The Hall–Kier alpha value is -4.03. The van der Waals surface area contributed by atoms with E-state index in [1.807, 2.05) is 30.3 Å². The number of nitrogens with one attached hydrogen (secondary N) is 1. The van der Waals surface area contributed by atoms with Crippen LogP contribution in [-0.4, -0.2) is 72.7 Å². The number of aromatic amines is 1. The predicted molar refractivity (Wildman–Crippen MR) is 141 cm³/mol. The molecule has 5 heterocycles.